The molecule has 5 rings (SSSR count). The van der Waals surface area contributed by atoms with Crippen LogP contribution in [0.15, 0.2) is 36.5 Å². The highest BCUT2D eigenvalue weighted by atomic mass is 19.4. The van der Waals surface area contributed by atoms with Crippen LogP contribution in [0.4, 0.5) is 38.1 Å². The smallest absolute Gasteiger partial charge is 0.429 e. The third-order valence-corrected chi connectivity index (χ3v) is 7.66. The van der Waals surface area contributed by atoms with Gasteiger partial charge in [-0.3, -0.25) is 4.79 Å². The molecule has 0 amide bonds. The number of hydrogen-bond acceptors (Lipinski definition) is 8. The Morgan fingerprint density at radius 3 is 2.43 bits per heavy atom. The molecule has 16 heteroatoms. The minimum atomic E-state index is -5.07. The first kappa shape index (κ1) is 29.4. The quantitative estimate of drug-likeness (QED) is 0.355. The Morgan fingerprint density at radius 1 is 1.14 bits per heavy atom. The molecular formula is C26H27F6N7O3. The van der Waals surface area contributed by atoms with Crippen LogP contribution in [0, 0.1) is 12.3 Å². The number of carboxylic acids is 1. The number of nitrogen functional groups attached to an aromatic ring is 1. The number of piperidine rings is 1. The van der Waals surface area contributed by atoms with Gasteiger partial charge in [0.2, 0.25) is 17.9 Å². The van der Waals surface area contributed by atoms with E-state index in [0.29, 0.717) is 62.8 Å². The number of ether oxygens (including phenoxy) is 1. The summed E-state index contributed by atoms with van der Waals surface area (Å²) in [6, 6.07) is 3.85. The Morgan fingerprint density at radius 2 is 1.86 bits per heavy atom. The summed E-state index contributed by atoms with van der Waals surface area (Å²) >= 11 is 0. The van der Waals surface area contributed by atoms with E-state index in [2.05, 4.69) is 20.4 Å². The van der Waals surface area contributed by atoms with Crippen molar-refractivity contribution >= 4 is 17.7 Å². The number of nitrogens with zero attached hydrogens (tertiary/aromatic N) is 5. The first-order valence-corrected chi connectivity index (χ1v) is 13.0. The maximum atomic E-state index is 14.4. The van der Waals surface area contributed by atoms with Crippen molar-refractivity contribution in [1.82, 2.24) is 25.1 Å². The summed E-state index contributed by atoms with van der Waals surface area (Å²) < 4.78 is 90.0. The lowest BCUT2D eigenvalue weighted by Crippen LogP contribution is -2.41. The zero-order chi connectivity index (χ0) is 30.4. The van der Waals surface area contributed by atoms with E-state index in [4.69, 9.17) is 10.5 Å². The largest absolute Gasteiger partial charge is 0.480 e. The minimum Gasteiger partial charge on any atom is -0.480 e. The van der Waals surface area contributed by atoms with Gasteiger partial charge in [-0.05, 0) is 49.8 Å². The van der Waals surface area contributed by atoms with Crippen LogP contribution in [0.1, 0.15) is 42.2 Å². The van der Waals surface area contributed by atoms with E-state index in [9.17, 15) is 36.2 Å². The SMILES string of the molecule is Cc1ccn(-c2cc(C(F)(F)F)ccc2[C@@H](Oc2cc(N3CCC4(CC3)CNC(C(=O)O)C4)nc(N)n2)C(F)(F)F)n1. The number of carbonyl (C=O) groups is 1. The fourth-order valence-corrected chi connectivity index (χ4v) is 5.45. The first-order chi connectivity index (χ1) is 19.6. The average Bonchev–Trinajstić information content (AvgIpc) is 3.52. The van der Waals surface area contributed by atoms with E-state index < -0.39 is 53.2 Å². The molecule has 1 unspecified atom stereocenters. The Hall–Kier alpha value is -4.08. The highest BCUT2D eigenvalue weighted by molar-refractivity contribution is 5.74. The van der Waals surface area contributed by atoms with Crippen LogP contribution in [0.5, 0.6) is 5.88 Å². The van der Waals surface area contributed by atoms with Gasteiger partial charge in [0.25, 0.3) is 0 Å². The normalized spacial score (nSPS) is 19.7. The van der Waals surface area contributed by atoms with Crippen molar-refractivity contribution in [2.24, 2.45) is 5.41 Å². The van der Waals surface area contributed by atoms with Crippen molar-refractivity contribution in [3.05, 3.63) is 53.3 Å². The van der Waals surface area contributed by atoms with Gasteiger partial charge < -0.3 is 25.8 Å². The number of nitrogens with one attached hydrogen (secondary N) is 1. The van der Waals surface area contributed by atoms with Gasteiger partial charge in [-0.25, -0.2) is 4.68 Å². The lowest BCUT2D eigenvalue weighted by atomic mass is 9.76. The molecule has 2 fully saturated rings. The molecule has 1 aromatic carbocycles. The summed E-state index contributed by atoms with van der Waals surface area (Å²) in [6.07, 6.45) is -9.64. The van der Waals surface area contributed by atoms with Crippen LogP contribution in [0.25, 0.3) is 5.69 Å². The third-order valence-electron chi connectivity index (χ3n) is 7.66. The minimum absolute atomic E-state index is 0.212. The molecule has 4 N–H and O–H groups in total. The number of hydrogen-bond donors (Lipinski definition) is 3. The number of nitrogens with two attached hydrogens (primary N) is 1. The van der Waals surface area contributed by atoms with Gasteiger partial charge in [-0.15, -0.1) is 0 Å². The number of aliphatic carboxylic acids is 1. The second-order valence-corrected chi connectivity index (χ2v) is 10.6. The molecular weight excluding hydrogens is 572 g/mol. The Bertz CT molecular complexity index is 1470. The van der Waals surface area contributed by atoms with Crippen LogP contribution in [0.3, 0.4) is 0 Å². The highest BCUT2D eigenvalue weighted by Crippen LogP contribution is 2.43. The zero-order valence-corrected chi connectivity index (χ0v) is 22.2. The van der Waals surface area contributed by atoms with E-state index in [1.165, 1.54) is 18.3 Å². The van der Waals surface area contributed by atoms with Crippen molar-refractivity contribution in [3.8, 4) is 11.6 Å². The molecule has 2 aliphatic rings. The number of benzene rings is 1. The molecule has 0 bridgehead atoms. The number of rotatable bonds is 6. The standard InChI is InChI=1S/C26H27F6N7O3/c1-14-4-7-39(37-14)18-10-15(25(27,28)29)2-3-16(18)21(26(30,31)32)42-20-11-19(35-23(33)36-20)38-8-5-24(6-9-38)12-17(22(40)41)34-13-24/h2-4,7,10-11,17,21,34H,5-6,8-9,12-13H2,1H3,(H,40,41)(H2,33,35,36)/t17?,21-/m1/s1. The summed E-state index contributed by atoms with van der Waals surface area (Å²) in [5, 5.41) is 16.3. The summed E-state index contributed by atoms with van der Waals surface area (Å²) in [5.41, 5.74) is 3.75. The molecule has 0 radical (unpaired) electrons. The molecule has 10 nitrogen and oxygen atoms in total. The van der Waals surface area contributed by atoms with Crippen molar-refractivity contribution in [2.45, 2.75) is 50.7 Å². The summed E-state index contributed by atoms with van der Waals surface area (Å²) in [7, 11) is 0. The Labute approximate surface area is 235 Å². The van der Waals surface area contributed by atoms with Crippen molar-refractivity contribution in [3.63, 3.8) is 0 Å². The van der Waals surface area contributed by atoms with Crippen LogP contribution in [0.2, 0.25) is 0 Å². The molecule has 42 heavy (non-hydrogen) atoms. The second kappa shape index (κ2) is 10.6. The van der Waals surface area contributed by atoms with E-state index in [0.717, 1.165) is 4.68 Å². The monoisotopic (exact) mass is 599 g/mol. The molecule has 2 saturated heterocycles. The lowest BCUT2D eigenvalue weighted by Gasteiger charge is -2.39. The molecule has 226 valence electrons. The topological polar surface area (TPSA) is 131 Å². The van der Waals surface area contributed by atoms with Gasteiger partial charge >= 0.3 is 18.3 Å². The van der Waals surface area contributed by atoms with Gasteiger partial charge in [0.15, 0.2) is 0 Å². The molecule has 4 heterocycles. The van der Waals surface area contributed by atoms with E-state index in [1.54, 1.807) is 11.8 Å². The maximum absolute atomic E-state index is 14.4. The van der Waals surface area contributed by atoms with Crippen LogP contribution in [-0.4, -0.2) is 62.7 Å². The van der Waals surface area contributed by atoms with Crippen LogP contribution in [-0.2, 0) is 11.0 Å². The molecule has 3 aromatic rings. The predicted octanol–water partition coefficient (Wildman–Crippen LogP) is 4.29. The van der Waals surface area contributed by atoms with Gasteiger partial charge in [0.05, 0.1) is 16.9 Å². The maximum Gasteiger partial charge on any atom is 0.429 e. The third kappa shape index (κ3) is 6.07. The van der Waals surface area contributed by atoms with Crippen LogP contribution < -0.4 is 20.7 Å². The molecule has 0 aliphatic carbocycles. The number of halogens is 6. The fraction of sp³-hybridized carbons (Fsp3) is 0.462. The average molecular weight is 600 g/mol. The van der Waals surface area contributed by atoms with E-state index in [-0.39, 0.29) is 17.2 Å². The predicted molar refractivity (Wildman–Crippen MR) is 137 cm³/mol. The van der Waals surface area contributed by atoms with E-state index in [1.807, 2.05) is 0 Å². The second-order valence-electron chi connectivity index (χ2n) is 10.6. The molecule has 1 spiro atoms. The van der Waals surface area contributed by atoms with Gasteiger partial charge in [-0.2, -0.15) is 41.4 Å². The number of alkyl halides is 6. The number of aromatic nitrogens is 4. The van der Waals surface area contributed by atoms with Crippen LogP contribution >= 0.6 is 0 Å². The molecule has 2 aromatic heterocycles. The van der Waals surface area contributed by atoms with Gasteiger partial charge in [0.1, 0.15) is 11.9 Å². The Kier molecular flexibility index (Phi) is 7.45. The van der Waals surface area contributed by atoms with Crippen molar-refractivity contribution < 1.29 is 41.0 Å². The highest BCUT2D eigenvalue weighted by Gasteiger charge is 2.46. The van der Waals surface area contributed by atoms with E-state index >= 15 is 0 Å². The van der Waals surface area contributed by atoms with Gasteiger partial charge in [0, 0.05) is 37.5 Å². The summed E-state index contributed by atoms with van der Waals surface area (Å²) in [5.74, 6) is -1.58. The number of carboxylic acid groups (broad SMARTS) is 1. The van der Waals surface area contributed by atoms with Crippen molar-refractivity contribution in [1.29, 1.82) is 0 Å². The number of aryl methyl sites for hydroxylation is 1. The Balaban J connectivity index is 1.44. The summed E-state index contributed by atoms with van der Waals surface area (Å²) in [6.45, 7) is 2.96. The van der Waals surface area contributed by atoms with Crippen molar-refractivity contribution in [2.75, 3.05) is 30.3 Å². The lowest BCUT2D eigenvalue weighted by molar-refractivity contribution is -0.198. The first-order valence-electron chi connectivity index (χ1n) is 13.0. The molecule has 2 aliphatic heterocycles. The zero-order valence-electron chi connectivity index (χ0n) is 22.2. The molecule has 2 atom stereocenters. The van der Waals surface area contributed by atoms with Gasteiger partial charge in [-0.1, -0.05) is 6.07 Å². The molecule has 0 saturated carbocycles. The summed E-state index contributed by atoms with van der Waals surface area (Å²) in [4.78, 5) is 21.1. The number of anilines is 2. The fourth-order valence-electron chi connectivity index (χ4n) is 5.45.